The number of hydrogen-bond acceptors (Lipinski definition) is 6. The van der Waals surface area contributed by atoms with E-state index in [9.17, 15) is 5.11 Å². The van der Waals surface area contributed by atoms with Gasteiger partial charge in [0.25, 0.3) is 0 Å². The van der Waals surface area contributed by atoms with Crippen molar-refractivity contribution in [3.05, 3.63) is 6.07 Å². The predicted molar refractivity (Wildman–Crippen MR) is 79.8 cm³/mol. The van der Waals surface area contributed by atoms with Crippen LogP contribution in [-0.4, -0.2) is 40.5 Å². The molecule has 0 aromatic carbocycles. The van der Waals surface area contributed by atoms with Gasteiger partial charge in [0.1, 0.15) is 11.6 Å². The number of aliphatic hydroxyl groups excluding tert-OH is 1. The van der Waals surface area contributed by atoms with Crippen molar-refractivity contribution < 1.29 is 5.11 Å². The summed E-state index contributed by atoms with van der Waals surface area (Å²) in [5.41, 5.74) is 0. The van der Waals surface area contributed by atoms with E-state index >= 15 is 0 Å². The third-order valence-electron chi connectivity index (χ3n) is 3.33. The molecule has 1 saturated carbocycles. The first-order valence-corrected chi connectivity index (χ1v) is 8.02. The Labute approximate surface area is 118 Å². The lowest BCUT2D eigenvalue weighted by molar-refractivity contribution is 0.178. The van der Waals surface area contributed by atoms with Crippen molar-refractivity contribution >= 4 is 23.4 Å². The van der Waals surface area contributed by atoms with E-state index in [2.05, 4.69) is 20.6 Å². The number of anilines is 2. The van der Waals surface area contributed by atoms with Crippen molar-refractivity contribution in [3.63, 3.8) is 0 Å². The highest BCUT2D eigenvalue weighted by atomic mass is 32.2. The van der Waals surface area contributed by atoms with Gasteiger partial charge in [0.2, 0.25) is 0 Å². The van der Waals surface area contributed by atoms with Gasteiger partial charge in [0.05, 0.1) is 6.10 Å². The Kier molecular flexibility index (Phi) is 5.27. The van der Waals surface area contributed by atoms with E-state index in [1.807, 2.05) is 19.2 Å². The normalized spacial score (nSPS) is 22.5. The number of thioether (sulfide) groups is 1. The molecule has 0 aliphatic heterocycles. The fourth-order valence-electron chi connectivity index (χ4n) is 2.36. The van der Waals surface area contributed by atoms with Crippen LogP contribution in [-0.2, 0) is 0 Å². The minimum atomic E-state index is -0.115. The van der Waals surface area contributed by atoms with E-state index in [0.717, 1.165) is 49.1 Å². The SMILES string of the molecule is CCNc1cc(NCC2CCC(O)C2)nc(SC)n1. The lowest BCUT2D eigenvalue weighted by atomic mass is 10.1. The predicted octanol–water partition coefficient (Wildman–Crippen LogP) is 2.20. The molecule has 1 aliphatic rings. The van der Waals surface area contributed by atoms with Gasteiger partial charge in [-0.1, -0.05) is 11.8 Å². The largest absolute Gasteiger partial charge is 0.393 e. The lowest BCUT2D eigenvalue weighted by Gasteiger charge is -2.13. The highest BCUT2D eigenvalue weighted by Crippen LogP contribution is 2.26. The molecule has 19 heavy (non-hydrogen) atoms. The second-order valence-electron chi connectivity index (χ2n) is 4.87. The average molecular weight is 282 g/mol. The Bertz CT molecular complexity index is 416. The third kappa shape index (κ3) is 4.24. The number of aromatic nitrogens is 2. The lowest BCUT2D eigenvalue weighted by Crippen LogP contribution is -2.14. The molecule has 1 aromatic heterocycles. The monoisotopic (exact) mass is 282 g/mol. The van der Waals surface area contributed by atoms with Crippen molar-refractivity contribution in [1.82, 2.24) is 9.97 Å². The summed E-state index contributed by atoms with van der Waals surface area (Å²) in [4.78, 5) is 8.85. The maximum atomic E-state index is 9.53. The molecule has 2 unspecified atom stereocenters. The summed E-state index contributed by atoms with van der Waals surface area (Å²) >= 11 is 1.54. The van der Waals surface area contributed by atoms with Crippen LogP contribution in [0.1, 0.15) is 26.2 Å². The molecular weight excluding hydrogens is 260 g/mol. The standard InChI is InChI=1S/C13H22N4OS/c1-3-14-11-7-12(17-13(16-11)19-2)15-8-9-4-5-10(18)6-9/h7,9-10,18H,3-6,8H2,1-2H3,(H2,14,15,16,17). The zero-order chi connectivity index (χ0) is 13.7. The molecule has 0 spiro atoms. The maximum Gasteiger partial charge on any atom is 0.191 e. The molecule has 2 atom stereocenters. The van der Waals surface area contributed by atoms with Gasteiger partial charge in [-0.2, -0.15) is 0 Å². The first-order valence-electron chi connectivity index (χ1n) is 6.80. The van der Waals surface area contributed by atoms with E-state index in [4.69, 9.17) is 0 Å². The summed E-state index contributed by atoms with van der Waals surface area (Å²) in [5, 5.41) is 16.9. The highest BCUT2D eigenvalue weighted by Gasteiger charge is 2.22. The molecule has 1 fully saturated rings. The zero-order valence-electron chi connectivity index (χ0n) is 11.5. The van der Waals surface area contributed by atoms with Gasteiger partial charge in [0.15, 0.2) is 5.16 Å². The summed E-state index contributed by atoms with van der Waals surface area (Å²) in [6.07, 6.45) is 4.77. The van der Waals surface area contributed by atoms with Crippen LogP contribution in [0.2, 0.25) is 0 Å². The zero-order valence-corrected chi connectivity index (χ0v) is 12.3. The maximum absolute atomic E-state index is 9.53. The molecular formula is C13H22N4OS. The molecule has 106 valence electrons. The molecule has 5 nitrogen and oxygen atoms in total. The summed E-state index contributed by atoms with van der Waals surface area (Å²) in [5.74, 6) is 2.26. The van der Waals surface area contributed by atoms with Gasteiger partial charge in [0, 0.05) is 19.2 Å². The van der Waals surface area contributed by atoms with Gasteiger partial charge in [-0.25, -0.2) is 9.97 Å². The Morgan fingerprint density at radius 2 is 2.05 bits per heavy atom. The van der Waals surface area contributed by atoms with E-state index in [1.165, 1.54) is 11.8 Å². The smallest absolute Gasteiger partial charge is 0.191 e. The first-order chi connectivity index (χ1) is 9.21. The van der Waals surface area contributed by atoms with Gasteiger partial charge < -0.3 is 15.7 Å². The minimum Gasteiger partial charge on any atom is -0.393 e. The summed E-state index contributed by atoms with van der Waals surface area (Å²) < 4.78 is 0. The van der Waals surface area contributed by atoms with Gasteiger partial charge in [-0.15, -0.1) is 0 Å². The molecule has 2 rings (SSSR count). The third-order valence-corrected chi connectivity index (χ3v) is 3.88. The molecule has 0 saturated heterocycles. The van der Waals surface area contributed by atoms with Crippen LogP contribution in [0.25, 0.3) is 0 Å². The molecule has 1 aliphatic carbocycles. The number of rotatable bonds is 6. The number of nitrogens with one attached hydrogen (secondary N) is 2. The Balaban J connectivity index is 1.96. The van der Waals surface area contributed by atoms with Gasteiger partial charge >= 0.3 is 0 Å². The topological polar surface area (TPSA) is 70.1 Å². The van der Waals surface area contributed by atoms with Crippen molar-refractivity contribution in [2.75, 3.05) is 30.0 Å². The Hall–Kier alpha value is -1.01. The molecule has 0 bridgehead atoms. The van der Waals surface area contributed by atoms with Crippen LogP contribution in [0.5, 0.6) is 0 Å². The molecule has 0 radical (unpaired) electrons. The molecule has 3 N–H and O–H groups in total. The number of hydrogen-bond donors (Lipinski definition) is 3. The van der Waals surface area contributed by atoms with E-state index in [1.54, 1.807) is 0 Å². The molecule has 6 heteroatoms. The van der Waals surface area contributed by atoms with Gasteiger partial charge in [-0.3, -0.25) is 0 Å². The number of aliphatic hydroxyl groups is 1. The second kappa shape index (κ2) is 6.96. The highest BCUT2D eigenvalue weighted by molar-refractivity contribution is 7.98. The van der Waals surface area contributed by atoms with E-state index in [-0.39, 0.29) is 6.10 Å². The van der Waals surface area contributed by atoms with Crippen LogP contribution in [0, 0.1) is 5.92 Å². The van der Waals surface area contributed by atoms with Crippen molar-refractivity contribution in [2.24, 2.45) is 5.92 Å². The average Bonchev–Trinajstić information content (AvgIpc) is 2.82. The van der Waals surface area contributed by atoms with Crippen molar-refractivity contribution in [2.45, 2.75) is 37.4 Å². The Morgan fingerprint density at radius 1 is 1.32 bits per heavy atom. The van der Waals surface area contributed by atoms with E-state index in [0.29, 0.717) is 5.92 Å². The van der Waals surface area contributed by atoms with Crippen LogP contribution in [0.4, 0.5) is 11.6 Å². The quantitative estimate of drug-likeness (QED) is 0.549. The minimum absolute atomic E-state index is 0.115. The molecule has 1 aromatic rings. The Morgan fingerprint density at radius 3 is 2.63 bits per heavy atom. The fourth-order valence-corrected chi connectivity index (χ4v) is 2.74. The van der Waals surface area contributed by atoms with Crippen LogP contribution >= 0.6 is 11.8 Å². The number of nitrogens with zero attached hydrogens (tertiary/aromatic N) is 2. The second-order valence-corrected chi connectivity index (χ2v) is 5.64. The van der Waals surface area contributed by atoms with Gasteiger partial charge in [-0.05, 0) is 38.4 Å². The van der Waals surface area contributed by atoms with Crippen molar-refractivity contribution in [3.8, 4) is 0 Å². The van der Waals surface area contributed by atoms with Crippen LogP contribution in [0.15, 0.2) is 11.2 Å². The van der Waals surface area contributed by atoms with E-state index < -0.39 is 0 Å². The van der Waals surface area contributed by atoms with Crippen LogP contribution in [0.3, 0.4) is 0 Å². The van der Waals surface area contributed by atoms with Crippen LogP contribution < -0.4 is 10.6 Å². The van der Waals surface area contributed by atoms with Crippen molar-refractivity contribution in [1.29, 1.82) is 0 Å². The summed E-state index contributed by atoms with van der Waals surface area (Å²) in [7, 11) is 0. The molecule has 1 heterocycles. The molecule has 0 amide bonds. The fraction of sp³-hybridized carbons (Fsp3) is 0.692. The first kappa shape index (κ1) is 14.4. The summed E-state index contributed by atoms with van der Waals surface area (Å²) in [6.45, 7) is 3.76. The summed E-state index contributed by atoms with van der Waals surface area (Å²) in [6, 6.07) is 1.94.